The number of carbonyl (C=O) groups excluding carboxylic acids is 2. The molecular formula is C36H70N2O4. The summed E-state index contributed by atoms with van der Waals surface area (Å²) in [7, 11) is 0. The Labute approximate surface area is 260 Å². The lowest BCUT2D eigenvalue weighted by atomic mass is 9.91. The summed E-state index contributed by atoms with van der Waals surface area (Å²) in [6.45, 7) is 4.99. The van der Waals surface area contributed by atoms with Gasteiger partial charge in [-0.05, 0) is 38.6 Å². The lowest BCUT2D eigenvalue weighted by molar-refractivity contribution is -0.144. The third kappa shape index (κ3) is 25.1. The first kappa shape index (κ1) is 40.6. The van der Waals surface area contributed by atoms with E-state index in [9.17, 15) is 19.5 Å². The predicted molar refractivity (Wildman–Crippen MR) is 178 cm³/mol. The van der Waals surface area contributed by atoms with Gasteiger partial charge < -0.3 is 16.2 Å². The Kier molecular flexibility index (Phi) is 30.0. The minimum Gasteiger partial charge on any atom is -0.480 e. The number of nitrogens with one attached hydrogen (secondary N) is 1. The molecule has 42 heavy (non-hydrogen) atoms. The van der Waals surface area contributed by atoms with E-state index in [-0.39, 0.29) is 5.78 Å². The van der Waals surface area contributed by atoms with Crippen LogP contribution in [0, 0.1) is 5.92 Å². The van der Waals surface area contributed by atoms with E-state index in [0.29, 0.717) is 32.2 Å². The molecule has 0 aliphatic carbocycles. The molecule has 0 aliphatic rings. The first-order chi connectivity index (χ1) is 20.5. The molecule has 0 saturated heterocycles. The molecule has 0 radical (unpaired) electrons. The van der Waals surface area contributed by atoms with E-state index in [1.54, 1.807) is 0 Å². The Hall–Kier alpha value is -1.43. The number of hydrogen-bond acceptors (Lipinski definition) is 4. The molecule has 0 spiro atoms. The van der Waals surface area contributed by atoms with Crippen molar-refractivity contribution in [2.45, 2.75) is 200 Å². The van der Waals surface area contributed by atoms with Gasteiger partial charge >= 0.3 is 5.97 Å². The Morgan fingerprint density at radius 2 is 0.929 bits per heavy atom. The van der Waals surface area contributed by atoms with Gasteiger partial charge in [0.15, 0.2) is 0 Å². The molecule has 6 nitrogen and oxygen atoms in total. The van der Waals surface area contributed by atoms with Gasteiger partial charge in [0.1, 0.15) is 11.8 Å². The maximum atomic E-state index is 13.1. The molecule has 0 aromatic rings. The highest BCUT2D eigenvalue weighted by Gasteiger charge is 2.29. The highest BCUT2D eigenvalue weighted by molar-refractivity contribution is 6.02. The molecule has 0 aliphatic heterocycles. The Balaban J connectivity index is 4.46. The second-order valence-corrected chi connectivity index (χ2v) is 12.7. The van der Waals surface area contributed by atoms with Crippen LogP contribution in [0.15, 0.2) is 0 Å². The zero-order valence-corrected chi connectivity index (χ0v) is 27.9. The molecule has 0 heterocycles. The molecule has 0 aromatic carbocycles. The highest BCUT2D eigenvalue weighted by atomic mass is 16.4. The molecule has 0 saturated carbocycles. The predicted octanol–water partition coefficient (Wildman–Crippen LogP) is 9.66. The number of ketones is 1. The summed E-state index contributed by atoms with van der Waals surface area (Å²) in [5.74, 6) is -2.18. The maximum absolute atomic E-state index is 13.1. The van der Waals surface area contributed by atoms with Crippen LogP contribution >= 0.6 is 0 Å². The van der Waals surface area contributed by atoms with Gasteiger partial charge in [-0.15, -0.1) is 0 Å². The Morgan fingerprint density at radius 3 is 1.33 bits per heavy atom. The molecule has 248 valence electrons. The summed E-state index contributed by atoms with van der Waals surface area (Å²) in [6, 6.07) is -0.955. The van der Waals surface area contributed by atoms with Gasteiger partial charge in [-0.1, -0.05) is 155 Å². The van der Waals surface area contributed by atoms with E-state index in [4.69, 9.17) is 5.73 Å². The first-order valence-electron chi connectivity index (χ1n) is 18.2. The van der Waals surface area contributed by atoms with E-state index >= 15 is 0 Å². The lowest BCUT2D eigenvalue weighted by Gasteiger charge is -2.20. The third-order valence-corrected chi connectivity index (χ3v) is 8.64. The van der Waals surface area contributed by atoms with Crippen LogP contribution in [0.25, 0.3) is 0 Å². The maximum Gasteiger partial charge on any atom is 0.326 e. The van der Waals surface area contributed by atoms with E-state index in [2.05, 4.69) is 19.2 Å². The van der Waals surface area contributed by atoms with Crippen LogP contribution in [0.4, 0.5) is 0 Å². The van der Waals surface area contributed by atoms with Crippen LogP contribution in [-0.4, -0.2) is 35.4 Å². The number of rotatable bonds is 33. The van der Waals surface area contributed by atoms with Crippen molar-refractivity contribution in [3.63, 3.8) is 0 Å². The Bertz CT molecular complexity index is 640. The average molecular weight is 595 g/mol. The van der Waals surface area contributed by atoms with Crippen LogP contribution in [0.1, 0.15) is 194 Å². The van der Waals surface area contributed by atoms with Crippen LogP contribution in [0.5, 0.6) is 0 Å². The largest absolute Gasteiger partial charge is 0.480 e. The number of carboxylic acid groups (broad SMARTS) is 1. The summed E-state index contributed by atoms with van der Waals surface area (Å²) >= 11 is 0. The van der Waals surface area contributed by atoms with Crippen molar-refractivity contribution in [1.82, 2.24) is 5.32 Å². The van der Waals surface area contributed by atoms with Crippen molar-refractivity contribution in [3.05, 3.63) is 0 Å². The number of amides is 1. The molecule has 1 amide bonds. The van der Waals surface area contributed by atoms with Gasteiger partial charge in [0.05, 0.1) is 5.92 Å². The number of Topliss-reactive ketones (excluding diaryl/α,β-unsaturated/α-hetero) is 1. The molecule has 2 atom stereocenters. The summed E-state index contributed by atoms with van der Waals surface area (Å²) in [6.07, 6.45) is 30.9. The summed E-state index contributed by atoms with van der Waals surface area (Å²) in [5.41, 5.74) is 5.55. The fraction of sp³-hybridized carbons (Fsp3) is 0.917. The number of aliphatic carboxylic acids is 1. The fourth-order valence-electron chi connectivity index (χ4n) is 5.79. The minimum atomic E-state index is -1.04. The van der Waals surface area contributed by atoms with Crippen LogP contribution in [-0.2, 0) is 14.4 Å². The van der Waals surface area contributed by atoms with Gasteiger partial charge in [0.2, 0.25) is 5.91 Å². The number of unbranched alkanes of at least 4 members (excludes halogenated alkanes) is 22. The van der Waals surface area contributed by atoms with Crippen LogP contribution in [0.2, 0.25) is 0 Å². The smallest absolute Gasteiger partial charge is 0.326 e. The third-order valence-electron chi connectivity index (χ3n) is 8.64. The molecule has 0 fully saturated rings. The minimum absolute atomic E-state index is 0.0174. The van der Waals surface area contributed by atoms with Crippen molar-refractivity contribution in [2.75, 3.05) is 6.54 Å². The summed E-state index contributed by atoms with van der Waals surface area (Å²) in [4.78, 5) is 38.0. The number of carbonyl (C=O) groups is 3. The van der Waals surface area contributed by atoms with Gasteiger partial charge in [-0.25, -0.2) is 4.79 Å². The van der Waals surface area contributed by atoms with E-state index < -0.39 is 23.8 Å². The molecule has 1 unspecified atom stereocenters. The van der Waals surface area contributed by atoms with Crippen LogP contribution in [0.3, 0.4) is 0 Å². The molecule has 0 rings (SSSR count). The number of hydrogen-bond donors (Lipinski definition) is 3. The topological polar surface area (TPSA) is 109 Å². The van der Waals surface area contributed by atoms with Gasteiger partial charge in [-0.3, -0.25) is 9.59 Å². The zero-order valence-electron chi connectivity index (χ0n) is 27.9. The molecule has 0 bridgehead atoms. The van der Waals surface area contributed by atoms with Gasteiger partial charge in [-0.2, -0.15) is 0 Å². The van der Waals surface area contributed by atoms with Crippen molar-refractivity contribution in [1.29, 1.82) is 0 Å². The standard InChI is InChI=1S/C36H70N2O4/c1-3-5-7-9-11-13-14-15-16-17-19-20-22-24-28-32(35(40)38-33(36(41)42)29-26-27-31-37)34(39)30-25-23-21-18-12-10-8-6-4-2/h32-33H,3-31,37H2,1-2H3,(H,38,40)(H,41,42)/t32?,33-/m0/s1. The zero-order chi connectivity index (χ0) is 31.1. The molecular weight excluding hydrogens is 524 g/mol. The van der Waals surface area contributed by atoms with Gasteiger partial charge in [0, 0.05) is 6.42 Å². The lowest BCUT2D eigenvalue weighted by Crippen LogP contribution is -2.45. The van der Waals surface area contributed by atoms with E-state index in [0.717, 1.165) is 44.9 Å². The summed E-state index contributed by atoms with van der Waals surface area (Å²) < 4.78 is 0. The van der Waals surface area contributed by atoms with Crippen molar-refractivity contribution in [2.24, 2.45) is 11.7 Å². The fourth-order valence-corrected chi connectivity index (χ4v) is 5.79. The second kappa shape index (κ2) is 31.0. The quantitative estimate of drug-likeness (QED) is 0.0517. The molecule has 4 N–H and O–H groups in total. The van der Waals surface area contributed by atoms with Crippen molar-refractivity contribution >= 4 is 17.7 Å². The average Bonchev–Trinajstić information content (AvgIpc) is 2.97. The van der Waals surface area contributed by atoms with E-state index in [1.165, 1.54) is 109 Å². The van der Waals surface area contributed by atoms with E-state index in [1.807, 2.05) is 0 Å². The Morgan fingerprint density at radius 1 is 0.548 bits per heavy atom. The van der Waals surface area contributed by atoms with Crippen molar-refractivity contribution < 1.29 is 19.5 Å². The van der Waals surface area contributed by atoms with Crippen molar-refractivity contribution in [3.8, 4) is 0 Å². The molecule has 6 heteroatoms. The summed E-state index contributed by atoms with van der Waals surface area (Å²) in [5, 5.41) is 12.3. The first-order valence-corrected chi connectivity index (χ1v) is 18.2. The van der Waals surface area contributed by atoms with Crippen LogP contribution < -0.4 is 11.1 Å². The normalized spacial score (nSPS) is 12.7. The molecule has 0 aromatic heterocycles. The second-order valence-electron chi connectivity index (χ2n) is 12.7. The SMILES string of the molecule is CCCCCCCCCCCCCCCCC(C(=O)CCCCCCCCCCC)C(=O)N[C@@H](CCCCN)C(=O)O. The monoisotopic (exact) mass is 595 g/mol. The van der Waals surface area contributed by atoms with Gasteiger partial charge in [0.25, 0.3) is 0 Å². The highest BCUT2D eigenvalue weighted by Crippen LogP contribution is 2.19. The number of carboxylic acids is 1. The number of nitrogens with two attached hydrogens (primary N) is 1.